The van der Waals surface area contributed by atoms with Gasteiger partial charge in [-0.1, -0.05) is 12.1 Å². The number of Topliss-reactive ketones (excluding diaryl/α,β-unsaturated/α-hetero) is 1. The molecule has 2 aromatic rings. The molecule has 0 radical (unpaired) electrons. The monoisotopic (exact) mass is 354 g/mol. The van der Waals surface area contributed by atoms with Gasteiger partial charge in [-0.2, -0.15) is 0 Å². The highest BCUT2D eigenvalue weighted by Gasteiger charge is 2.16. The molecule has 0 atom stereocenters. The van der Waals surface area contributed by atoms with Crippen LogP contribution in [-0.4, -0.2) is 23.5 Å². The number of aryl methyl sites for hydroxylation is 1. The Kier molecular flexibility index (Phi) is 4.57. The van der Waals surface area contributed by atoms with Crippen LogP contribution >= 0.6 is 27.3 Å². The quantitative estimate of drug-likeness (QED) is 0.673. The van der Waals surface area contributed by atoms with Crippen molar-refractivity contribution < 1.29 is 19.4 Å². The van der Waals surface area contributed by atoms with E-state index in [-0.39, 0.29) is 23.7 Å². The second-order valence-corrected chi connectivity index (χ2v) is 6.54. The standard InChI is InChI=1S/C14H11BrO4S/c1-8-3-2-4-9(13(8)17)14(18)19-7-10(16)11-5-6-12(15)20-11/h2-6,17H,7H2,1H3. The average molecular weight is 355 g/mol. The molecule has 0 aliphatic heterocycles. The van der Waals surface area contributed by atoms with Crippen molar-refractivity contribution in [2.45, 2.75) is 6.92 Å². The minimum atomic E-state index is -0.713. The lowest BCUT2D eigenvalue weighted by atomic mass is 10.1. The Morgan fingerprint density at radius 1 is 1.30 bits per heavy atom. The predicted octanol–water partition coefficient (Wildman–Crippen LogP) is 3.56. The number of thiophene rings is 1. The summed E-state index contributed by atoms with van der Waals surface area (Å²) in [6.45, 7) is 1.33. The molecule has 1 heterocycles. The number of aromatic hydroxyl groups is 1. The van der Waals surface area contributed by atoms with Gasteiger partial charge in [0.05, 0.1) is 8.66 Å². The van der Waals surface area contributed by atoms with Gasteiger partial charge in [-0.25, -0.2) is 4.79 Å². The highest BCUT2D eigenvalue weighted by atomic mass is 79.9. The maximum Gasteiger partial charge on any atom is 0.342 e. The number of carbonyl (C=O) groups is 2. The third-order valence-corrected chi connectivity index (χ3v) is 4.30. The summed E-state index contributed by atoms with van der Waals surface area (Å²) in [6, 6.07) is 8.20. The minimum absolute atomic E-state index is 0.0603. The SMILES string of the molecule is Cc1cccc(C(=O)OCC(=O)c2ccc(Br)s2)c1O. The number of rotatable bonds is 4. The number of para-hydroxylation sites is 1. The summed E-state index contributed by atoms with van der Waals surface area (Å²) in [6.07, 6.45) is 0. The van der Waals surface area contributed by atoms with Crippen molar-refractivity contribution >= 4 is 39.0 Å². The smallest absolute Gasteiger partial charge is 0.342 e. The molecule has 1 N–H and O–H groups in total. The van der Waals surface area contributed by atoms with E-state index >= 15 is 0 Å². The van der Waals surface area contributed by atoms with Crippen LogP contribution in [0, 0.1) is 6.92 Å². The van der Waals surface area contributed by atoms with E-state index in [1.807, 2.05) is 0 Å². The Bertz CT molecular complexity index is 663. The van der Waals surface area contributed by atoms with Gasteiger partial charge in [0.1, 0.15) is 11.3 Å². The van der Waals surface area contributed by atoms with E-state index in [1.54, 1.807) is 31.2 Å². The van der Waals surface area contributed by atoms with Crippen LogP contribution in [0.2, 0.25) is 0 Å². The number of esters is 1. The second kappa shape index (κ2) is 6.19. The number of carbonyl (C=O) groups excluding carboxylic acids is 2. The van der Waals surface area contributed by atoms with Crippen molar-refractivity contribution in [3.8, 4) is 5.75 Å². The van der Waals surface area contributed by atoms with Crippen LogP contribution in [-0.2, 0) is 4.74 Å². The highest BCUT2D eigenvalue weighted by molar-refractivity contribution is 9.11. The Morgan fingerprint density at radius 2 is 2.05 bits per heavy atom. The molecular weight excluding hydrogens is 344 g/mol. The largest absolute Gasteiger partial charge is 0.507 e. The van der Waals surface area contributed by atoms with Crippen LogP contribution in [0.15, 0.2) is 34.1 Å². The number of phenols is 1. The van der Waals surface area contributed by atoms with Crippen molar-refractivity contribution in [2.75, 3.05) is 6.61 Å². The summed E-state index contributed by atoms with van der Waals surface area (Å²) in [5.41, 5.74) is 0.637. The fraction of sp³-hybridized carbons (Fsp3) is 0.143. The van der Waals surface area contributed by atoms with Crippen molar-refractivity contribution in [1.29, 1.82) is 0 Å². The molecule has 0 aliphatic carbocycles. The van der Waals surface area contributed by atoms with Crippen LogP contribution in [0.3, 0.4) is 0 Å². The number of hydrogen-bond acceptors (Lipinski definition) is 5. The first kappa shape index (κ1) is 14.7. The first-order valence-electron chi connectivity index (χ1n) is 5.73. The lowest BCUT2D eigenvalue weighted by Gasteiger charge is -2.06. The second-order valence-electron chi connectivity index (χ2n) is 4.07. The molecular formula is C14H11BrO4S. The summed E-state index contributed by atoms with van der Waals surface area (Å²) in [5, 5.41) is 9.76. The van der Waals surface area contributed by atoms with E-state index in [0.29, 0.717) is 10.4 Å². The third kappa shape index (κ3) is 3.26. The molecule has 1 aromatic carbocycles. The van der Waals surface area contributed by atoms with E-state index in [9.17, 15) is 14.7 Å². The van der Waals surface area contributed by atoms with Gasteiger partial charge in [0.2, 0.25) is 5.78 Å². The van der Waals surface area contributed by atoms with Gasteiger partial charge in [0.15, 0.2) is 6.61 Å². The number of ketones is 1. The molecule has 0 bridgehead atoms. The zero-order valence-electron chi connectivity index (χ0n) is 10.6. The topological polar surface area (TPSA) is 63.6 Å². The maximum atomic E-state index is 11.8. The highest BCUT2D eigenvalue weighted by Crippen LogP contribution is 2.24. The van der Waals surface area contributed by atoms with Crippen LogP contribution in [0.25, 0.3) is 0 Å². The molecule has 0 spiro atoms. The zero-order valence-corrected chi connectivity index (χ0v) is 13.0. The maximum absolute atomic E-state index is 11.8. The van der Waals surface area contributed by atoms with Crippen molar-refractivity contribution in [3.63, 3.8) is 0 Å². The lowest BCUT2D eigenvalue weighted by Crippen LogP contribution is -2.13. The summed E-state index contributed by atoms with van der Waals surface area (Å²) >= 11 is 4.54. The summed E-state index contributed by atoms with van der Waals surface area (Å²) in [7, 11) is 0. The van der Waals surface area contributed by atoms with Gasteiger partial charge in [-0.15, -0.1) is 11.3 Å². The fourth-order valence-corrected chi connectivity index (χ4v) is 2.88. The number of ether oxygens (including phenoxy) is 1. The van der Waals surface area contributed by atoms with Gasteiger partial charge < -0.3 is 9.84 Å². The predicted molar refractivity (Wildman–Crippen MR) is 79.5 cm³/mol. The van der Waals surface area contributed by atoms with Gasteiger partial charge >= 0.3 is 5.97 Å². The molecule has 6 heteroatoms. The Labute approximate surface area is 128 Å². The van der Waals surface area contributed by atoms with Crippen LogP contribution in [0.4, 0.5) is 0 Å². The molecule has 104 valence electrons. The average Bonchev–Trinajstić information content (AvgIpc) is 2.85. The first-order chi connectivity index (χ1) is 9.49. The van der Waals surface area contributed by atoms with Gasteiger partial charge in [-0.05, 0) is 46.6 Å². The number of benzene rings is 1. The van der Waals surface area contributed by atoms with E-state index in [2.05, 4.69) is 15.9 Å². The van der Waals surface area contributed by atoms with Crippen LogP contribution < -0.4 is 0 Å². The zero-order chi connectivity index (χ0) is 14.7. The van der Waals surface area contributed by atoms with E-state index in [4.69, 9.17) is 4.74 Å². The Balaban J connectivity index is 2.02. The minimum Gasteiger partial charge on any atom is -0.507 e. The molecule has 0 unspecified atom stereocenters. The fourth-order valence-electron chi connectivity index (χ4n) is 1.57. The molecule has 20 heavy (non-hydrogen) atoms. The van der Waals surface area contributed by atoms with Crippen molar-refractivity contribution in [2.24, 2.45) is 0 Å². The van der Waals surface area contributed by atoms with Crippen LogP contribution in [0.5, 0.6) is 5.75 Å². The van der Waals surface area contributed by atoms with Crippen LogP contribution in [0.1, 0.15) is 25.6 Å². The Morgan fingerprint density at radius 3 is 2.70 bits per heavy atom. The molecule has 4 nitrogen and oxygen atoms in total. The van der Waals surface area contributed by atoms with E-state index in [1.165, 1.54) is 17.4 Å². The molecule has 0 aliphatic rings. The van der Waals surface area contributed by atoms with Crippen molar-refractivity contribution in [3.05, 3.63) is 50.1 Å². The van der Waals surface area contributed by atoms with E-state index in [0.717, 1.165) is 3.79 Å². The Hall–Kier alpha value is -1.66. The summed E-state index contributed by atoms with van der Waals surface area (Å²) < 4.78 is 5.77. The summed E-state index contributed by atoms with van der Waals surface area (Å²) in [5.74, 6) is -1.11. The molecule has 1 aromatic heterocycles. The molecule has 0 fully saturated rings. The molecule has 0 saturated carbocycles. The normalized spacial score (nSPS) is 10.3. The number of phenolic OH excluding ortho intramolecular Hbond substituents is 1. The number of hydrogen-bond donors (Lipinski definition) is 1. The first-order valence-corrected chi connectivity index (χ1v) is 7.34. The van der Waals surface area contributed by atoms with Gasteiger partial charge in [-0.3, -0.25) is 4.79 Å². The van der Waals surface area contributed by atoms with Gasteiger partial charge in [0, 0.05) is 0 Å². The molecule has 0 amide bonds. The third-order valence-electron chi connectivity index (χ3n) is 2.64. The summed E-state index contributed by atoms with van der Waals surface area (Å²) in [4.78, 5) is 24.1. The number of halogens is 1. The van der Waals surface area contributed by atoms with Gasteiger partial charge in [0.25, 0.3) is 0 Å². The van der Waals surface area contributed by atoms with Crippen molar-refractivity contribution in [1.82, 2.24) is 0 Å². The molecule has 0 saturated heterocycles. The molecule has 2 rings (SSSR count). The van der Waals surface area contributed by atoms with E-state index < -0.39 is 5.97 Å². The lowest BCUT2D eigenvalue weighted by molar-refractivity contribution is 0.0472.